The van der Waals surface area contributed by atoms with Gasteiger partial charge in [-0.15, -0.1) is 0 Å². The SMILES string of the molecule is C=C(C)c1cc(NC(=O)Nc2ccc(N)cc2)n(-c2ccc(C)cc2)n1. The van der Waals surface area contributed by atoms with Crippen LogP contribution in [0.5, 0.6) is 0 Å². The topological polar surface area (TPSA) is 85.0 Å². The molecule has 3 rings (SSSR count). The highest BCUT2D eigenvalue weighted by atomic mass is 16.2. The number of amides is 2. The van der Waals surface area contributed by atoms with E-state index in [1.165, 1.54) is 0 Å². The Morgan fingerprint density at radius 2 is 1.73 bits per heavy atom. The van der Waals surface area contributed by atoms with Gasteiger partial charge in [-0.2, -0.15) is 5.10 Å². The van der Waals surface area contributed by atoms with Gasteiger partial charge in [-0.05, 0) is 55.8 Å². The third kappa shape index (κ3) is 3.92. The Kier molecular flexibility index (Phi) is 4.75. The molecule has 0 aliphatic rings. The minimum absolute atomic E-state index is 0.365. The summed E-state index contributed by atoms with van der Waals surface area (Å²) >= 11 is 0. The highest BCUT2D eigenvalue weighted by molar-refractivity contribution is 5.99. The summed E-state index contributed by atoms with van der Waals surface area (Å²) < 4.78 is 1.69. The number of aryl methyl sites for hydroxylation is 1. The van der Waals surface area contributed by atoms with E-state index in [4.69, 9.17) is 5.73 Å². The van der Waals surface area contributed by atoms with Crippen molar-refractivity contribution in [2.75, 3.05) is 16.4 Å². The summed E-state index contributed by atoms with van der Waals surface area (Å²) in [6.45, 7) is 7.82. The molecule has 0 fully saturated rings. The molecule has 0 saturated carbocycles. The number of benzene rings is 2. The van der Waals surface area contributed by atoms with E-state index in [2.05, 4.69) is 22.3 Å². The molecule has 0 unspecified atom stereocenters. The molecule has 1 aromatic heterocycles. The first-order valence-electron chi connectivity index (χ1n) is 8.19. The van der Waals surface area contributed by atoms with E-state index >= 15 is 0 Å². The quantitative estimate of drug-likeness (QED) is 0.610. The normalized spacial score (nSPS) is 10.4. The molecule has 0 spiro atoms. The number of nitrogens with one attached hydrogen (secondary N) is 2. The standard InChI is InChI=1S/C20H21N5O/c1-13(2)18-12-19(25(24-18)17-10-4-14(3)5-11-17)23-20(26)22-16-8-6-15(21)7-9-16/h4-12H,1,21H2,2-3H3,(H2,22,23,26). The van der Waals surface area contributed by atoms with Gasteiger partial charge in [0.25, 0.3) is 0 Å². The molecule has 4 N–H and O–H groups in total. The monoisotopic (exact) mass is 347 g/mol. The van der Waals surface area contributed by atoms with Crippen molar-refractivity contribution in [1.29, 1.82) is 0 Å². The molecule has 6 nitrogen and oxygen atoms in total. The fourth-order valence-corrected chi connectivity index (χ4v) is 2.41. The second-order valence-electron chi connectivity index (χ2n) is 6.14. The number of nitrogen functional groups attached to an aromatic ring is 1. The molecule has 2 aromatic carbocycles. The van der Waals surface area contributed by atoms with E-state index in [1.807, 2.05) is 38.1 Å². The Morgan fingerprint density at radius 1 is 1.08 bits per heavy atom. The molecule has 132 valence electrons. The van der Waals surface area contributed by atoms with Gasteiger partial charge < -0.3 is 11.1 Å². The lowest BCUT2D eigenvalue weighted by Gasteiger charge is -2.10. The average molecular weight is 347 g/mol. The Labute approximate surface area is 152 Å². The second-order valence-corrected chi connectivity index (χ2v) is 6.14. The summed E-state index contributed by atoms with van der Waals surface area (Å²) in [5.74, 6) is 0.555. The van der Waals surface area contributed by atoms with Crippen molar-refractivity contribution in [1.82, 2.24) is 9.78 Å². The van der Waals surface area contributed by atoms with Gasteiger partial charge in [-0.25, -0.2) is 9.48 Å². The molecule has 0 atom stereocenters. The van der Waals surface area contributed by atoms with E-state index in [0.29, 0.717) is 22.9 Å². The molecule has 6 heteroatoms. The number of aromatic nitrogens is 2. The highest BCUT2D eigenvalue weighted by Crippen LogP contribution is 2.22. The molecule has 26 heavy (non-hydrogen) atoms. The Bertz CT molecular complexity index is 939. The Hall–Kier alpha value is -3.54. The minimum Gasteiger partial charge on any atom is -0.399 e. The summed E-state index contributed by atoms with van der Waals surface area (Å²) in [6, 6.07) is 16.3. The molecule has 0 bridgehead atoms. The van der Waals surface area contributed by atoms with Crippen LogP contribution >= 0.6 is 0 Å². The highest BCUT2D eigenvalue weighted by Gasteiger charge is 2.13. The van der Waals surface area contributed by atoms with Crippen LogP contribution in [0.2, 0.25) is 0 Å². The summed E-state index contributed by atoms with van der Waals surface area (Å²) in [6.07, 6.45) is 0. The molecular weight excluding hydrogens is 326 g/mol. The molecule has 3 aromatic rings. The van der Waals surface area contributed by atoms with Crippen molar-refractivity contribution in [3.05, 3.63) is 72.4 Å². The minimum atomic E-state index is -0.365. The zero-order valence-corrected chi connectivity index (χ0v) is 14.8. The average Bonchev–Trinajstić information content (AvgIpc) is 3.01. The molecule has 0 aliphatic carbocycles. The van der Waals surface area contributed by atoms with Crippen LogP contribution in [0.1, 0.15) is 18.2 Å². The van der Waals surface area contributed by atoms with Crippen molar-refractivity contribution in [3.8, 4) is 5.69 Å². The van der Waals surface area contributed by atoms with Crippen LogP contribution in [0.3, 0.4) is 0 Å². The first kappa shape index (κ1) is 17.3. The summed E-state index contributed by atoms with van der Waals surface area (Å²) in [4.78, 5) is 12.4. The zero-order valence-electron chi connectivity index (χ0n) is 14.8. The smallest absolute Gasteiger partial charge is 0.324 e. The van der Waals surface area contributed by atoms with Crippen molar-refractivity contribution in [2.24, 2.45) is 0 Å². The van der Waals surface area contributed by atoms with E-state index < -0.39 is 0 Å². The van der Waals surface area contributed by atoms with Gasteiger partial charge in [0, 0.05) is 17.4 Å². The largest absolute Gasteiger partial charge is 0.399 e. The van der Waals surface area contributed by atoms with Crippen LogP contribution < -0.4 is 16.4 Å². The number of hydrogen-bond acceptors (Lipinski definition) is 3. The summed E-state index contributed by atoms with van der Waals surface area (Å²) in [5, 5.41) is 10.2. The molecule has 1 heterocycles. The van der Waals surface area contributed by atoms with Gasteiger partial charge in [0.1, 0.15) is 5.82 Å². The van der Waals surface area contributed by atoms with Crippen molar-refractivity contribution in [3.63, 3.8) is 0 Å². The lowest BCUT2D eigenvalue weighted by atomic mass is 10.2. The number of nitrogens with two attached hydrogens (primary N) is 1. The number of carbonyl (C=O) groups is 1. The van der Waals surface area contributed by atoms with Gasteiger partial charge in [0.2, 0.25) is 0 Å². The maximum atomic E-state index is 12.4. The van der Waals surface area contributed by atoms with Gasteiger partial charge in [0.05, 0.1) is 11.4 Å². The maximum absolute atomic E-state index is 12.4. The predicted molar refractivity (Wildman–Crippen MR) is 107 cm³/mol. The first-order chi connectivity index (χ1) is 12.4. The van der Waals surface area contributed by atoms with Crippen LogP contribution in [-0.2, 0) is 0 Å². The van der Waals surface area contributed by atoms with Crippen molar-refractivity contribution >= 4 is 28.8 Å². The van der Waals surface area contributed by atoms with Gasteiger partial charge in [0.15, 0.2) is 0 Å². The molecule has 0 aliphatic heterocycles. The van der Waals surface area contributed by atoms with E-state index in [-0.39, 0.29) is 6.03 Å². The van der Waals surface area contributed by atoms with Gasteiger partial charge >= 0.3 is 6.03 Å². The molecular formula is C20H21N5O. The fourth-order valence-electron chi connectivity index (χ4n) is 2.41. The van der Waals surface area contributed by atoms with E-state index in [0.717, 1.165) is 16.8 Å². The van der Waals surface area contributed by atoms with Gasteiger partial charge in [-0.3, -0.25) is 5.32 Å². The van der Waals surface area contributed by atoms with Crippen LogP contribution in [0.4, 0.5) is 22.0 Å². The van der Waals surface area contributed by atoms with Gasteiger partial charge in [-0.1, -0.05) is 24.3 Å². The maximum Gasteiger partial charge on any atom is 0.324 e. The Balaban J connectivity index is 1.85. The first-order valence-corrected chi connectivity index (χ1v) is 8.19. The number of carbonyl (C=O) groups excluding carboxylic acids is 1. The second kappa shape index (κ2) is 7.14. The lowest BCUT2D eigenvalue weighted by Crippen LogP contribution is -2.21. The van der Waals surface area contributed by atoms with Crippen LogP contribution in [-0.4, -0.2) is 15.8 Å². The predicted octanol–water partition coefficient (Wildman–Crippen LogP) is 4.44. The number of hydrogen-bond donors (Lipinski definition) is 3. The van der Waals surface area contributed by atoms with Crippen LogP contribution in [0.25, 0.3) is 11.3 Å². The number of anilines is 3. The third-order valence-electron chi connectivity index (χ3n) is 3.84. The van der Waals surface area contributed by atoms with Crippen LogP contribution in [0, 0.1) is 6.92 Å². The zero-order chi connectivity index (χ0) is 18.7. The third-order valence-corrected chi connectivity index (χ3v) is 3.84. The Morgan fingerprint density at radius 3 is 2.35 bits per heavy atom. The molecule has 0 saturated heterocycles. The number of urea groups is 1. The van der Waals surface area contributed by atoms with E-state index in [1.54, 1.807) is 35.0 Å². The van der Waals surface area contributed by atoms with E-state index in [9.17, 15) is 4.79 Å². The van der Waals surface area contributed by atoms with Crippen molar-refractivity contribution in [2.45, 2.75) is 13.8 Å². The molecule has 2 amide bonds. The fraction of sp³-hybridized carbons (Fsp3) is 0.100. The number of allylic oxidation sites excluding steroid dienone is 1. The lowest BCUT2D eigenvalue weighted by molar-refractivity contribution is 0.262. The van der Waals surface area contributed by atoms with Crippen molar-refractivity contribution < 1.29 is 4.79 Å². The summed E-state index contributed by atoms with van der Waals surface area (Å²) in [5.41, 5.74) is 10.5. The van der Waals surface area contributed by atoms with Crippen LogP contribution in [0.15, 0.2) is 61.2 Å². The summed E-state index contributed by atoms with van der Waals surface area (Å²) in [7, 11) is 0. The number of rotatable bonds is 4. The molecule has 0 radical (unpaired) electrons. The number of nitrogens with zero attached hydrogens (tertiary/aromatic N) is 2.